The lowest BCUT2D eigenvalue weighted by Gasteiger charge is -2.30. The van der Waals surface area contributed by atoms with Gasteiger partial charge in [-0.1, -0.05) is 18.2 Å². The molecule has 4 nitrogen and oxygen atoms in total. The normalized spacial score (nSPS) is 21.2. The van der Waals surface area contributed by atoms with Crippen LogP contribution in [0.1, 0.15) is 24.8 Å². The van der Waals surface area contributed by atoms with Gasteiger partial charge >= 0.3 is 0 Å². The first-order chi connectivity index (χ1) is 12.7. The molecule has 2 heterocycles. The molecule has 0 aliphatic carbocycles. The molecule has 26 heavy (non-hydrogen) atoms. The Morgan fingerprint density at radius 1 is 1.08 bits per heavy atom. The van der Waals surface area contributed by atoms with Crippen LogP contribution in [0.4, 0.5) is 15.8 Å². The number of hydrogen-bond acceptors (Lipinski definition) is 3. The Hall–Kier alpha value is -2.66. The fraction of sp³-hybridized carbons (Fsp3) is 0.286. The second kappa shape index (κ2) is 7.30. The van der Waals surface area contributed by atoms with Crippen LogP contribution in [0.2, 0.25) is 0 Å². The number of anilines is 2. The van der Waals surface area contributed by atoms with Gasteiger partial charge in [0, 0.05) is 23.5 Å². The molecule has 1 saturated heterocycles. The third-order valence-electron chi connectivity index (χ3n) is 5.03. The van der Waals surface area contributed by atoms with Crippen LogP contribution >= 0.6 is 0 Å². The minimum atomic E-state index is -0.347. The zero-order valence-electron chi connectivity index (χ0n) is 14.5. The van der Waals surface area contributed by atoms with E-state index in [4.69, 9.17) is 0 Å². The van der Waals surface area contributed by atoms with E-state index in [-0.39, 0.29) is 11.7 Å². The molecule has 1 unspecified atom stereocenters. The second-order valence-corrected chi connectivity index (χ2v) is 6.76. The molecule has 2 aliphatic rings. The molecule has 2 aliphatic heterocycles. The van der Waals surface area contributed by atoms with E-state index in [0.29, 0.717) is 17.3 Å². The summed E-state index contributed by atoms with van der Waals surface area (Å²) in [6, 6.07) is 14.9. The number of benzene rings is 2. The first-order valence-corrected chi connectivity index (χ1v) is 9.09. The molecule has 2 aromatic rings. The Bertz CT molecular complexity index is 826. The molecule has 0 saturated carbocycles. The Balaban J connectivity index is 1.75. The molecular formula is C21H22FN3O. The topological polar surface area (TPSA) is 44.4 Å². The number of para-hydroxylation sites is 1. The third kappa shape index (κ3) is 3.35. The number of rotatable bonds is 3. The fourth-order valence-electron chi connectivity index (χ4n) is 3.70. The van der Waals surface area contributed by atoms with E-state index >= 15 is 0 Å². The van der Waals surface area contributed by atoms with E-state index in [1.54, 1.807) is 6.07 Å². The number of fused-ring (bicyclic) bond motifs is 1. The highest BCUT2D eigenvalue weighted by Gasteiger charge is 2.27. The van der Waals surface area contributed by atoms with Crippen molar-refractivity contribution >= 4 is 22.9 Å². The van der Waals surface area contributed by atoms with Crippen molar-refractivity contribution in [1.82, 2.24) is 5.32 Å². The van der Waals surface area contributed by atoms with E-state index in [0.717, 1.165) is 43.6 Å². The van der Waals surface area contributed by atoms with Crippen molar-refractivity contribution in [1.29, 1.82) is 0 Å². The average Bonchev–Trinajstić information content (AvgIpc) is 2.81. The maximum absolute atomic E-state index is 13.5. The van der Waals surface area contributed by atoms with Crippen LogP contribution in [0.3, 0.4) is 0 Å². The summed E-state index contributed by atoms with van der Waals surface area (Å²) in [4.78, 5) is 14.7. The van der Waals surface area contributed by atoms with Crippen molar-refractivity contribution in [2.24, 2.45) is 0 Å². The standard InChI is InChI=1S/C21H22FN3O/c22-15-8-9-18-19(21(26)24-20(18)13-15)14-25(16-5-2-1-3-6-16)17-7-4-11-23-12-10-17/h1-3,5-6,8-9,13-14,17,23H,4,7,10-12H2,(H,24,26)/b19-14-. The first-order valence-electron chi connectivity index (χ1n) is 9.09. The van der Waals surface area contributed by atoms with Crippen LogP contribution in [0.25, 0.3) is 5.57 Å². The van der Waals surface area contributed by atoms with Crippen LogP contribution in [0.15, 0.2) is 54.7 Å². The highest BCUT2D eigenvalue weighted by atomic mass is 19.1. The van der Waals surface area contributed by atoms with Crippen LogP contribution in [-0.2, 0) is 4.79 Å². The summed E-state index contributed by atoms with van der Waals surface area (Å²) < 4.78 is 13.5. The van der Waals surface area contributed by atoms with E-state index in [1.165, 1.54) is 12.1 Å². The van der Waals surface area contributed by atoms with E-state index in [2.05, 4.69) is 27.7 Å². The molecule has 2 aromatic carbocycles. The number of carbonyl (C=O) groups is 1. The number of hydrogen-bond donors (Lipinski definition) is 2. The van der Waals surface area contributed by atoms with Gasteiger partial charge in [0.05, 0.1) is 11.3 Å². The Morgan fingerprint density at radius 3 is 2.77 bits per heavy atom. The van der Waals surface area contributed by atoms with Crippen LogP contribution < -0.4 is 15.5 Å². The molecule has 0 spiro atoms. The van der Waals surface area contributed by atoms with Gasteiger partial charge in [0.1, 0.15) is 5.82 Å². The SMILES string of the molecule is O=C1Nc2cc(F)ccc2/C1=C/N(c1ccccc1)C1CCCNCC1. The number of nitrogens with one attached hydrogen (secondary N) is 2. The smallest absolute Gasteiger partial charge is 0.257 e. The second-order valence-electron chi connectivity index (χ2n) is 6.76. The van der Waals surface area contributed by atoms with Gasteiger partial charge < -0.3 is 15.5 Å². The maximum Gasteiger partial charge on any atom is 0.257 e. The molecule has 134 valence electrons. The van der Waals surface area contributed by atoms with E-state index in [1.807, 2.05) is 24.4 Å². The molecule has 1 atom stereocenters. The quantitative estimate of drug-likeness (QED) is 0.828. The monoisotopic (exact) mass is 351 g/mol. The van der Waals surface area contributed by atoms with Crippen molar-refractivity contribution in [3.63, 3.8) is 0 Å². The number of amides is 1. The largest absolute Gasteiger partial charge is 0.344 e. The molecule has 0 bridgehead atoms. The van der Waals surface area contributed by atoms with Crippen LogP contribution in [-0.4, -0.2) is 25.0 Å². The van der Waals surface area contributed by atoms with Crippen LogP contribution in [0, 0.1) is 5.82 Å². The zero-order valence-corrected chi connectivity index (χ0v) is 14.5. The summed E-state index contributed by atoms with van der Waals surface area (Å²) in [7, 11) is 0. The summed E-state index contributed by atoms with van der Waals surface area (Å²) in [5.41, 5.74) is 2.94. The van der Waals surface area contributed by atoms with Gasteiger partial charge in [-0.05, 0) is 62.7 Å². The van der Waals surface area contributed by atoms with Gasteiger partial charge in [-0.2, -0.15) is 0 Å². The van der Waals surface area contributed by atoms with Gasteiger partial charge in [-0.15, -0.1) is 0 Å². The minimum absolute atomic E-state index is 0.182. The number of halogens is 1. The van der Waals surface area contributed by atoms with Gasteiger partial charge in [-0.3, -0.25) is 4.79 Å². The summed E-state index contributed by atoms with van der Waals surface area (Å²) in [6.07, 6.45) is 5.11. The maximum atomic E-state index is 13.5. The Kier molecular flexibility index (Phi) is 4.71. The molecule has 4 rings (SSSR count). The van der Waals surface area contributed by atoms with Gasteiger partial charge in [-0.25, -0.2) is 4.39 Å². The van der Waals surface area contributed by atoms with Crippen molar-refractivity contribution in [2.75, 3.05) is 23.3 Å². The predicted molar refractivity (Wildman–Crippen MR) is 102 cm³/mol. The summed E-state index contributed by atoms with van der Waals surface area (Å²) in [6.45, 7) is 1.99. The summed E-state index contributed by atoms with van der Waals surface area (Å²) in [5, 5.41) is 6.21. The molecule has 1 amide bonds. The molecule has 1 fully saturated rings. The molecule has 2 N–H and O–H groups in total. The highest BCUT2D eigenvalue weighted by Crippen LogP contribution is 2.34. The molecule has 0 aromatic heterocycles. The minimum Gasteiger partial charge on any atom is -0.344 e. The fourth-order valence-corrected chi connectivity index (χ4v) is 3.70. The van der Waals surface area contributed by atoms with Gasteiger partial charge in [0.2, 0.25) is 0 Å². The predicted octanol–water partition coefficient (Wildman–Crippen LogP) is 3.77. The zero-order chi connectivity index (χ0) is 17.9. The highest BCUT2D eigenvalue weighted by molar-refractivity contribution is 6.31. The van der Waals surface area contributed by atoms with Crippen molar-refractivity contribution < 1.29 is 9.18 Å². The van der Waals surface area contributed by atoms with E-state index in [9.17, 15) is 9.18 Å². The van der Waals surface area contributed by atoms with Crippen molar-refractivity contribution in [2.45, 2.75) is 25.3 Å². The van der Waals surface area contributed by atoms with Crippen LogP contribution in [0.5, 0.6) is 0 Å². The Labute approximate surface area is 152 Å². The van der Waals surface area contributed by atoms with Crippen molar-refractivity contribution in [3.8, 4) is 0 Å². The number of carbonyl (C=O) groups excluding carboxylic acids is 1. The van der Waals surface area contributed by atoms with E-state index < -0.39 is 0 Å². The molecule has 5 heteroatoms. The van der Waals surface area contributed by atoms with Gasteiger partial charge in [0.15, 0.2) is 0 Å². The first kappa shape index (κ1) is 16.8. The number of nitrogens with zero attached hydrogens (tertiary/aromatic N) is 1. The van der Waals surface area contributed by atoms with Gasteiger partial charge in [0.25, 0.3) is 5.91 Å². The third-order valence-corrected chi connectivity index (χ3v) is 5.03. The lowest BCUT2D eigenvalue weighted by molar-refractivity contribution is -0.110. The molecular weight excluding hydrogens is 329 g/mol. The average molecular weight is 351 g/mol. The lowest BCUT2D eigenvalue weighted by atomic mass is 10.0. The molecule has 0 radical (unpaired) electrons. The summed E-state index contributed by atoms with van der Waals surface area (Å²) in [5.74, 6) is -0.529. The Morgan fingerprint density at radius 2 is 1.92 bits per heavy atom. The summed E-state index contributed by atoms with van der Waals surface area (Å²) >= 11 is 0. The lowest BCUT2D eigenvalue weighted by Crippen LogP contribution is -2.32. The van der Waals surface area contributed by atoms with Crippen molar-refractivity contribution in [3.05, 3.63) is 66.1 Å².